The summed E-state index contributed by atoms with van der Waals surface area (Å²) in [7, 11) is 1.62. The highest BCUT2D eigenvalue weighted by Crippen LogP contribution is 2.33. The third kappa shape index (κ3) is 2.69. The molecule has 0 spiro atoms. The Hall–Kier alpha value is -2.61. The van der Waals surface area contributed by atoms with E-state index in [1.165, 1.54) is 18.2 Å². The minimum absolute atomic E-state index is 0.0163. The van der Waals surface area contributed by atoms with Crippen molar-refractivity contribution in [2.75, 3.05) is 0 Å². The van der Waals surface area contributed by atoms with Gasteiger partial charge in [0.2, 0.25) is 0 Å². The van der Waals surface area contributed by atoms with E-state index in [-0.39, 0.29) is 27.8 Å². The SMILES string of the molecule is Cn1c(-c2nc(C(N)=O)ccc2Cl)nc2cc(C(F)(F)F)ccc21. The molecule has 0 fully saturated rings. The second kappa shape index (κ2) is 5.48. The number of primary amides is 1. The molecule has 3 rings (SSSR count). The van der Waals surface area contributed by atoms with Crippen LogP contribution in [0.2, 0.25) is 5.02 Å². The Morgan fingerprint density at radius 2 is 1.92 bits per heavy atom. The van der Waals surface area contributed by atoms with Crippen molar-refractivity contribution < 1.29 is 18.0 Å². The summed E-state index contributed by atoms with van der Waals surface area (Å²) in [6.07, 6.45) is -4.46. The van der Waals surface area contributed by atoms with Gasteiger partial charge in [-0.05, 0) is 30.3 Å². The molecule has 1 amide bonds. The van der Waals surface area contributed by atoms with Crippen LogP contribution in [0, 0.1) is 0 Å². The number of pyridine rings is 1. The number of nitrogens with zero attached hydrogens (tertiary/aromatic N) is 3. The highest BCUT2D eigenvalue weighted by atomic mass is 35.5. The number of hydrogen-bond donors (Lipinski definition) is 1. The smallest absolute Gasteiger partial charge is 0.364 e. The molecule has 0 atom stereocenters. The van der Waals surface area contributed by atoms with Gasteiger partial charge in [0.25, 0.3) is 5.91 Å². The van der Waals surface area contributed by atoms with Crippen molar-refractivity contribution in [3.05, 3.63) is 46.6 Å². The maximum absolute atomic E-state index is 12.8. The van der Waals surface area contributed by atoms with Crippen LogP contribution in [0.5, 0.6) is 0 Å². The predicted molar refractivity (Wildman–Crippen MR) is 82.5 cm³/mol. The van der Waals surface area contributed by atoms with E-state index >= 15 is 0 Å². The topological polar surface area (TPSA) is 73.8 Å². The standard InChI is InChI=1S/C15H10ClF3N4O/c1-23-11-5-2-7(15(17,18)19)6-10(11)22-14(23)12-8(16)3-4-9(21-12)13(20)24/h2-6H,1H3,(H2,20,24). The molecule has 0 aliphatic rings. The highest BCUT2D eigenvalue weighted by molar-refractivity contribution is 6.33. The van der Waals surface area contributed by atoms with E-state index in [1.807, 2.05) is 0 Å². The molecule has 2 heterocycles. The number of carbonyl (C=O) groups excluding carboxylic acids is 1. The van der Waals surface area contributed by atoms with Crippen molar-refractivity contribution in [1.82, 2.24) is 14.5 Å². The lowest BCUT2D eigenvalue weighted by Gasteiger charge is -2.06. The number of rotatable bonds is 2. The number of carbonyl (C=O) groups is 1. The first-order chi connectivity index (χ1) is 11.2. The molecule has 24 heavy (non-hydrogen) atoms. The molecular formula is C15H10ClF3N4O. The maximum atomic E-state index is 12.8. The Labute approximate surface area is 138 Å². The Kier molecular flexibility index (Phi) is 3.71. The van der Waals surface area contributed by atoms with Gasteiger partial charge in [0, 0.05) is 7.05 Å². The number of imidazole rings is 1. The molecule has 5 nitrogen and oxygen atoms in total. The lowest BCUT2D eigenvalue weighted by molar-refractivity contribution is -0.137. The van der Waals surface area contributed by atoms with Gasteiger partial charge in [-0.15, -0.1) is 0 Å². The minimum atomic E-state index is -4.46. The monoisotopic (exact) mass is 354 g/mol. The van der Waals surface area contributed by atoms with Crippen LogP contribution in [0.4, 0.5) is 13.2 Å². The molecule has 0 saturated heterocycles. The van der Waals surface area contributed by atoms with Crippen molar-refractivity contribution in [3.63, 3.8) is 0 Å². The molecule has 0 saturated carbocycles. The van der Waals surface area contributed by atoms with Crippen molar-refractivity contribution in [1.29, 1.82) is 0 Å². The van der Waals surface area contributed by atoms with E-state index in [0.717, 1.165) is 12.1 Å². The highest BCUT2D eigenvalue weighted by Gasteiger charge is 2.31. The summed E-state index contributed by atoms with van der Waals surface area (Å²) in [5, 5.41) is 0.203. The summed E-state index contributed by atoms with van der Waals surface area (Å²) in [6.45, 7) is 0. The lowest BCUT2D eigenvalue weighted by Crippen LogP contribution is -2.13. The Bertz CT molecular complexity index is 965. The fraction of sp³-hybridized carbons (Fsp3) is 0.133. The second-order valence-corrected chi connectivity index (χ2v) is 5.49. The summed E-state index contributed by atoms with van der Waals surface area (Å²) in [4.78, 5) is 19.5. The number of nitrogens with two attached hydrogens (primary N) is 1. The number of alkyl halides is 3. The number of amides is 1. The quantitative estimate of drug-likeness (QED) is 0.766. The zero-order chi connectivity index (χ0) is 17.6. The molecule has 0 radical (unpaired) electrons. The third-order valence-corrected chi connectivity index (χ3v) is 3.82. The Balaban J connectivity index is 2.22. The van der Waals surface area contributed by atoms with E-state index in [2.05, 4.69) is 9.97 Å². The molecular weight excluding hydrogens is 345 g/mol. The summed E-state index contributed by atoms with van der Waals surface area (Å²) < 4.78 is 40.0. The molecule has 3 aromatic rings. The molecule has 2 aromatic heterocycles. The molecule has 0 aliphatic carbocycles. The molecule has 9 heteroatoms. The average Bonchev–Trinajstić information content (AvgIpc) is 2.83. The largest absolute Gasteiger partial charge is 0.416 e. The van der Waals surface area contributed by atoms with Crippen molar-refractivity contribution in [2.45, 2.75) is 6.18 Å². The van der Waals surface area contributed by atoms with Crippen LogP contribution in [0.3, 0.4) is 0 Å². The predicted octanol–water partition coefficient (Wildman–Crippen LogP) is 3.41. The number of fused-ring (bicyclic) bond motifs is 1. The van der Waals surface area contributed by atoms with Crippen molar-refractivity contribution in [2.24, 2.45) is 12.8 Å². The van der Waals surface area contributed by atoms with Gasteiger partial charge in [-0.25, -0.2) is 9.97 Å². The zero-order valence-corrected chi connectivity index (χ0v) is 13.0. The fourth-order valence-corrected chi connectivity index (χ4v) is 2.51. The Morgan fingerprint density at radius 1 is 1.21 bits per heavy atom. The number of benzene rings is 1. The van der Waals surface area contributed by atoms with Crippen LogP contribution in [0.25, 0.3) is 22.6 Å². The van der Waals surface area contributed by atoms with Gasteiger partial charge in [-0.3, -0.25) is 4.79 Å². The van der Waals surface area contributed by atoms with Crippen LogP contribution in [-0.4, -0.2) is 20.4 Å². The summed E-state index contributed by atoms with van der Waals surface area (Å²) in [5.41, 5.74) is 5.16. The fourth-order valence-electron chi connectivity index (χ4n) is 2.32. The number of halogens is 4. The minimum Gasteiger partial charge on any atom is -0.364 e. The normalized spacial score (nSPS) is 11.9. The van der Waals surface area contributed by atoms with Crippen LogP contribution in [0.1, 0.15) is 16.1 Å². The first-order valence-corrected chi connectivity index (χ1v) is 7.06. The lowest BCUT2D eigenvalue weighted by atomic mass is 10.2. The van der Waals surface area contributed by atoms with Crippen LogP contribution < -0.4 is 5.73 Å². The summed E-state index contributed by atoms with van der Waals surface area (Å²) in [5.74, 6) is -0.511. The first kappa shape index (κ1) is 16.3. The number of aryl methyl sites for hydroxylation is 1. The first-order valence-electron chi connectivity index (χ1n) is 6.69. The third-order valence-electron chi connectivity index (χ3n) is 3.52. The van der Waals surface area contributed by atoms with Gasteiger partial charge < -0.3 is 10.3 Å². The van der Waals surface area contributed by atoms with E-state index in [0.29, 0.717) is 5.52 Å². The van der Waals surface area contributed by atoms with Gasteiger partial charge >= 0.3 is 6.18 Å². The van der Waals surface area contributed by atoms with E-state index < -0.39 is 17.6 Å². The molecule has 124 valence electrons. The van der Waals surface area contributed by atoms with Crippen LogP contribution >= 0.6 is 11.6 Å². The molecule has 2 N–H and O–H groups in total. The van der Waals surface area contributed by atoms with Crippen molar-refractivity contribution in [3.8, 4) is 11.5 Å². The molecule has 1 aromatic carbocycles. The van der Waals surface area contributed by atoms with Gasteiger partial charge in [-0.2, -0.15) is 13.2 Å². The molecule has 0 unspecified atom stereocenters. The van der Waals surface area contributed by atoms with Crippen LogP contribution in [0.15, 0.2) is 30.3 Å². The summed E-state index contributed by atoms with van der Waals surface area (Å²) in [6, 6.07) is 6.04. The van der Waals surface area contributed by atoms with Crippen molar-refractivity contribution >= 4 is 28.5 Å². The summed E-state index contributed by atoms with van der Waals surface area (Å²) >= 11 is 6.09. The molecule has 0 bridgehead atoms. The van der Waals surface area contributed by atoms with Gasteiger partial charge in [-0.1, -0.05) is 11.6 Å². The van der Waals surface area contributed by atoms with Gasteiger partial charge in [0.15, 0.2) is 5.82 Å². The number of hydrogen-bond acceptors (Lipinski definition) is 3. The van der Waals surface area contributed by atoms with E-state index in [4.69, 9.17) is 17.3 Å². The maximum Gasteiger partial charge on any atom is 0.416 e. The van der Waals surface area contributed by atoms with E-state index in [1.54, 1.807) is 11.6 Å². The van der Waals surface area contributed by atoms with E-state index in [9.17, 15) is 18.0 Å². The zero-order valence-electron chi connectivity index (χ0n) is 12.2. The molecule has 0 aliphatic heterocycles. The average molecular weight is 355 g/mol. The second-order valence-electron chi connectivity index (χ2n) is 5.09. The van der Waals surface area contributed by atoms with Crippen LogP contribution in [-0.2, 0) is 13.2 Å². The van der Waals surface area contributed by atoms with Gasteiger partial charge in [0.1, 0.15) is 11.4 Å². The Morgan fingerprint density at radius 3 is 2.54 bits per heavy atom. The van der Waals surface area contributed by atoms with Gasteiger partial charge in [0.05, 0.1) is 21.6 Å². The number of aromatic nitrogens is 3.